The maximum Gasteiger partial charge on any atom is 0.418 e. The molecule has 4 nitrogen and oxygen atoms in total. The van der Waals surface area contributed by atoms with Crippen LogP contribution in [0.15, 0.2) is 30.5 Å². The van der Waals surface area contributed by atoms with Gasteiger partial charge in [-0.05, 0) is 37.1 Å². The van der Waals surface area contributed by atoms with Crippen molar-refractivity contribution in [2.45, 2.75) is 19.0 Å². The van der Waals surface area contributed by atoms with Crippen LogP contribution in [-0.4, -0.2) is 23.1 Å². The molecular formula is C15H14ClF3N4. The van der Waals surface area contributed by atoms with Crippen LogP contribution < -0.4 is 10.2 Å². The minimum absolute atomic E-state index is 0.0228. The van der Waals surface area contributed by atoms with E-state index in [-0.39, 0.29) is 16.7 Å². The fourth-order valence-electron chi connectivity index (χ4n) is 2.51. The van der Waals surface area contributed by atoms with Gasteiger partial charge in [-0.3, -0.25) is 0 Å². The van der Waals surface area contributed by atoms with Crippen LogP contribution in [0.4, 0.5) is 30.6 Å². The molecule has 2 heterocycles. The summed E-state index contributed by atoms with van der Waals surface area (Å²) >= 11 is 5.67. The van der Waals surface area contributed by atoms with Gasteiger partial charge in [-0.15, -0.1) is 0 Å². The predicted molar refractivity (Wildman–Crippen MR) is 83.2 cm³/mol. The van der Waals surface area contributed by atoms with Gasteiger partial charge in [0.05, 0.1) is 11.3 Å². The molecule has 1 aromatic heterocycles. The Balaban J connectivity index is 1.89. The summed E-state index contributed by atoms with van der Waals surface area (Å²) in [5, 5.41) is 2.67. The summed E-state index contributed by atoms with van der Waals surface area (Å²) in [6.45, 7) is 1.79. The van der Waals surface area contributed by atoms with E-state index in [0.717, 1.165) is 32.0 Å². The van der Waals surface area contributed by atoms with E-state index in [2.05, 4.69) is 20.2 Å². The van der Waals surface area contributed by atoms with E-state index in [1.165, 1.54) is 18.3 Å². The van der Waals surface area contributed by atoms with E-state index in [9.17, 15) is 13.2 Å². The third-order valence-corrected chi connectivity index (χ3v) is 3.84. The molecule has 23 heavy (non-hydrogen) atoms. The van der Waals surface area contributed by atoms with E-state index >= 15 is 0 Å². The van der Waals surface area contributed by atoms with Gasteiger partial charge in [0.15, 0.2) is 0 Å². The molecule has 0 spiro atoms. The highest BCUT2D eigenvalue weighted by atomic mass is 35.5. The Hall–Kier alpha value is -2.02. The average Bonchev–Trinajstić information content (AvgIpc) is 3.03. The monoisotopic (exact) mass is 342 g/mol. The lowest BCUT2D eigenvalue weighted by Crippen LogP contribution is -2.19. The third kappa shape index (κ3) is 3.67. The summed E-state index contributed by atoms with van der Waals surface area (Å²) in [5.41, 5.74) is -0.972. The molecule has 1 saturated heterocycles. The second-order valence-electron chi connectivity index (χ2n) is 5.25. The lowest BCUT2D eigenvalue weighted by Gasteiger charge is -2.18. The van der Waals surface area contributed by atoms with Crippen molar-refractivity contribution in [2.75, 3.05) is 23.3 Å². The topological polar surface area (TPSA) is 41.1 Å². The lowest BCUT2D eigenvalue weighted by atomic mass is 10.1. The van der Waals surface area contributed by atoms with Gasteiger partial charge >= 0.3 is 6.18 Å². The molecule has 0 amide bonds. The van der Waals surface area contributed by atoms with Crippen molar-refractivity contribution in [3.05, 3.63) is 41.0 Å². The number of hydrogen-bond acceptors (Lipinski definition) is 4. The van der Waals surface area contributed by atoms with Gasteiger partial charge in [0.25, 0.3) is 0 Å². The van der Waals surface area contributed by atoms with Gasteiger partial charge in [-0.25, -0.2) is 4.98 Å². The second-order valence-corrected chi connectivity index (χ2v) is 5.68. The molecule has 0 atom stereocenters. The van der Waals surface area contributed by atoms with Gasteiger partial charge in [0.1, 0.15) is 5.82 Å². The quantitative estimate of drug-likeness (QED) is 0.892. The number of nitrogens with zero attached hydrogens (tertiary/aromatic N) is 3. The van der Waals surface area contributed by atoms with Crippen LogP contribution in [0.1, 0.15) is 18.4 Å². The molecule has 1 fully saturated rings. The molecule has 3 rings (SSSR count). The van der Waals surface area contributed by atoms with Crippen LogP contribution >= 0.6 is 11.6 Å². The standard InChI is InChI=1S/C15H14ClF3N4/c16-10-3-4-12(11(9-10)15(17,18)19)21-14-20-6-5-13(22-14)23-7-1-2-8-23/h3-6,9H,1-2,7-8H2,(H,20,21,22). The van der Waals surface area contributed by atoms with Crippen LogP contribution in [0.25, 0.3) is 0 Å². The number of halogens is 4. The molecule has 2 aromatic rings. The Labute approximate surface area is 136 Å². The van der Waals surface area contributed by atoms with E-state index in [1.807, 2.05) is 0 Å². The molecule has 1 aromatic carbocycles. The Morgan fingerprint density at radius 2 is 1.87 bits per heavy atom. The van der Waals surface area contributed by atoms with Crippen molar-refractivity contribution in [1.29, 1.82) is 0 Å². The minimum atomic E-state index is -4.51. The summed E-state index contributed by atoms with van der Waals surface area (Å²) in [6.07, 6.45) is -0.809. The van der Waals surface area contributed by atoms with E-state index in [4.69, 9.17) is 11.6 Å². The fraction of sp³-hybridized carbons (Fsp3) is 0.333. The van der Waals surface area contributed by atoms with Crippen LogP contribution in [0.2, 0.25) is 5.02 Å². The van der Waals surface area contributed by atoms with Crippen LogP contribution in [-0.2, 0) is 6.18 Å². The van der Waals surface area contributed by atoms with Crippen molar-refractivity contribution < 1.29 is 13.2 Å². The lowest BCUT2D eigenvalue weighted by molar-refractivity contribution is -0.136. The zero-order valence-electron chi connectivity index (χ0n) is 12.1. The van der Waals surface area contributed by atoms with E-state index < -0.39 is 11.7 Å². The molecule has 8 heteroatoms. The SMILES string of the molecule is FC(F)(F)c1cc(Cl)ccc1Nc1nccc(N2CCCC2)n1. The zero-order chi connectivity index (χ0) is 16.4. The first kappa shape index (κ1) is 15.9. The largest absolute Gasteiger partial charge is 0.418 e. The van der Waals surface area contributed by atoms with Gasteiger partial charge in [-0.2, -0.15) is 18.2 Å². The smallest absolute Gasteiger partial charge is 0.356 e. The third-order valence-electron chi connectivity index (χ3n) is 3.60. The van der Waals surface area contributed by atoms with Crippen LogP contribution in [0, 0.1) is 0 Å². The summed E-state index contributed by atoms with van der Waals surface area (Å²) in [6, 6.07) is 5.30. The first-order valence-electron chi connectivity index (χ1n) is 7.15. The molecule has 0 bridgehead atoms. The van der Waals surface area contributed by atoms with Gasteiger partial charge in [-0.1, -0.05) is 11.6 Å². The minimum Gasteiger partial charge on any atom is -0.356 e. The van der Waals surface area contributed by atoms with Crippen molar-refractivity contribution in [2.24, 2.45) is 0 Å². The highest BCUT2D eigenvalue weighted by molar-refractivity contribution is 6.30. The molecule has 0 saturated carbocycles. The number of rotatable bonds is 3. The first-order valence-corrected chi connectivity index (χ1v) is 7.53. The molecule has 0 aliphatic carbocycles. The molecule has 0 radical (unpaired) electrons. The molecule has 122 valence electrons. The first-order chi connectivity index (χ1) is 10.9. The number of hydrogen-bond donors (Lipinski definition) is 1. The molecule has 1 aliphatic rings. The highest BCUT2D eigenvalue weighted by Crippen LogP contribution is 2.37. The van der Waals surface area contributed by atoms with Crippen LogP contribution in [0.3, 0.4) is 0 Å². The Kier molecular flexibility index (Phi) is 4.30. The number of aromatic nitrogens is 2. The summed E-state index contributed by atoms with van der Waals surface area (Å²) < 4.78 is 39.3. The maximum atomic E-state index is 13.1. The number of nitrogens with one attached hydrogen (secondary N) is 1. The molecular weight excluding hydrogens is 329 g/mol. The Morgan fingerprint density at radius 1 is 1.13 bits per heavy atom. The van der Waals surface area contributed by atoms with Gasteiger partial charge < -0.3 is 10.2 Å². The number of anilines is 3. The van der Waals surface area contributed by atoms with Gasteiger partial charge in [0, 0.05) is 24.3 Å². The normalized spacial score (nSPS) is 15.0. The summed E-state index contributed by atoms with van der Waals surface area (Å²) in [5.74, 6) is 0.838. The highest BCUT2D eigenvalue weighted by Gasteiger charge is 2.34. The summed E-state index contributed by atoms with van der Waals surface area (Å²) in [4.78, 5) is 10.4. The maximum absolute atomic E-state index is 13.1. The van der Waals surface area contributed by atoms with Crippen molar-refractivity contribution in [1.82, 2.24) is 9.97 Å². The second kappa shape index (κ2) is 6.23. The van der Waals surface area contributed by atoms with E-state index in [0.29, 0.717) is 5.82 Å². The predicted octanol–water partition coefficient (Wildman–Crippen LogP) is 4.49. The summed E-state index contributed by atoms with van der Waals surface area (Å²) in [7, 11) is 0. The van der Waals surface area contributed by atoms with Gasteiger partial charge in [0.2, 0.25) is 5.95 Å². The Morgan fingerprint density at radius 3 is 2.57 bits per heavy atom. The van der Waals surface area contributed by atoms with E-state index in [1.54, 1.807) is 6.07 Å². The molecule has 1 aliphatic heterocycles. The Bertz CT molecular complexity index is 699. The zero-order valence-corrected chi connectivity index (χ0v) is 12.8. The average molecular weight is 343 g/mol. The number of alkyl halides is 3. The fourth-order valence-corrected chi connectivity index (χ4v) is 2.68. The van der Waals surface area contributed by atoms with Crippen molar-refractivity contribution >= 4 is 29.1 Å². The molecule has 1 N–H and O–H groups in total. The van der Waals surface area contributed by atoms with Crippen molar-refractivity contribution in [3.8, 4) is 0 Å². The molecule has 0 unspecified atom stereocenters. The van der Waals surface area contributed by atoms with Crippen LogP contribution in [0.5, 0.6) is 0 Å². The number of benzene rings is 1. The van der Waals surface area contributed by atoms with Crippen molar-refractivity contribution in [3.63, 3.8) is 0 Å².